The van der Waals surface area contributed by atoms with Crippen molar-refractivity contribution in [3.05, 3.63) is 24.3 Å². The van der Waals surface area contributed by atoms with E-state index in [1.165, 1.54) is 4.90 Å². The average molecular weight is 239 g/mol. The minimum absolute atomic E-state index is 0.649. The first-order chi connectivity index (χ1) is 7.36. The van der Waals surface area contributed by atoms with Gasteiger partial charge in [0.15, 0.2) is 0 Å². The van der Waals surface area contributed by atoms with Crippen LogP contribution in [-0.2, 0) is 0 Å². The molecule has 0 bridgehead atoms. The van der Waals surface area contributed by atoms with Gasteiger partial charge in [0.2, 0.25) is 0 Å². The van der Waals surface area contributed by atoms with Gasteiger partial charge in [-0.05, 0) is 30.7 Å². The Labute approximate surface area is 98.4 Å². The summed E-state index contributed by atoms with van der Waals surface area (Å²) >= 11 is 0. The molecule has 0 unspecified atom stereocenters. The summed E-state index contributed by atoms with van der Waals surface area (Å²) in [4.78, 5) is 1.22. The third-order valence-corrected chi connectivity index (χ3v) is 4.20. The Morgan fingerprint density at radius 2 is 2.07 bits per heavy atom. The first kappa shape index (κ1) is 12.3. The smallest absolute Gasteiger partial charge is 0.118 e. The Kier molecular flexibility index (Phi) is 6.14. The van der Waals surface area contributed by atoms with Crippen LogP contribution in [0.15, 0.2) is 29.2 Å². The number of methoxy groups -OCH3 is 1. The van der Waals surface area contributed by atoms with E-state index < -0.39 is 0 Å². The van der Waals surface area contributed by atoms with Gasteiger partial charge in [-0.3, -0.25) is 0 Å². The second-order valence-corrected chi connectivity index (χ2v) is 5.33. The fourth-order valence-corrected chi connectivity index (χ4v) is 3.03. The molecule has 1 aromatic carbocycles. The summed E-state index contributed by atoms with van der Waals surface area (Å²) in [6.07, 6.45) is 1.61. The van der Waals surface area contributed by atoms with Gasteiger partial charge in [-0.2, -0.15) is 5.26 Å². The maximum absolute atomic E-state index is 8.36. The molecule has 15 heavy (non-hydrogen) atoms. The fraction of sp³-hybridized carbons (Fsp3) is 0.364. The molecule has 0 radical (unpaired) electrons. The lowest BCUT2D eigenvalue weighted by atomic mass is 10.3. The SMILES string of the molecule is COc1ccc(SSCCCC#N)cc1. The number of ether oxygens (including phenoxy) is 1. The maximum Gasteiger partial charge on any atom is 0.118 e. The molecule has 0 fully saturated rings. The molecule has 0 aromatic heterocycles. The van der Waals surface area contributed by atoms with Crippen LogP contribution in [0.1, 0.15) is 12.8 Å². The fourth-order valence-electron chi connectivity index (χ4n) is 0.951. The zero-order valence-corrected chi connectivity index (χ0v) is 10.2. The van der Waals surface area contributed by atoms with Crippen LogP contribution in [-0.4, -0.2) is 12.9 Å². The Hall–Kier alpha value is -0.790. The molecule has 2 nitrogen and oxygen atoms in total. The topological polar surface area (TPSA) is 33.0 Å². The van der Waals surface area contributed by atoms with Gasteiger partial charge in [0, 0.05) is 17.1 Å². The second kappa shape index (κ2) is 7.49. The summed E-state index contributed by atoms with van der Waals surface area (Å²) in [6, 6.07) is 10.1. The average Bonchev–Trinajstić information content (AvgIpc) is 2.30. The highest BCUT2D eigenvalue weighted by Gasteiger charge is 1.95. The molecule has 0 N–H and O–H groups in total. The van der Waals surface area contributed by atoms with Crippen LogP contribution in [0.25, 0.3) is 0 Å². The molecule has 0 aliphatic rings. The van der Waals surface area contributed by atoms with Crippen LogP contribution < -0.4 is 4.74 Å². The lowest BCUT2D eigenvalue weighted by molar-refractivity contribution is 0.414. The lowest BCUT2D eigenvalue weighted by Gasteiger charge is -2.02. The molecule has 0 saturated carbocycles. The molecule has 80 valence electrons. The normalized spacial score (nSPS) is 9.60. The number of nitriles is 1. The molecule has 0 aliphatic heterocycles. The summed E-state index contributed by atoms with van der Waals surface area (Å²) in [7, 11) is 5.19. The number of benzene rings is 1. The number of hydrogen-bond acceptors (Lipinski definition) is 4. The third-order valence-electron chi connectivity index (χ3n) is 1.73. The van der Waals surface area contributed by atoms with Gasteiger partial charge < -0.3 is 4.74 Å². The van der Waals surface area contributed by atoms with Crippen molar-refractivity contribution in [2.45, 2.75) is 17.7 Å². The third kappa shape index (κ3) is 5.01. The van der Waals surface area contributed by atoms with E-state index in [0.717, 1.165) is 17.9 Å². The van der Waals surface area contributed by atoms with Crippen LogP contribution in [0, 0.1) is 11.3 Å². The molecule has 4 heteroatoms. The minimum Gasteiger partial charge on any atom is -0.497 e. The molecule has 0 heterocycles. The van der Waals surface area contributed by atoms with Crippen LogP contribution in [0.2, 0.25) is 0 Å². The first-order valence-corrected chi connectivity index (χ1v) is 6.99. The molecular weight excluding hydrogens is 226 g/mol. The maximum atomic E-state index is 8.36. The van der Waals surface area contributed by atoms with Gasteiger partial charge in [-0.15, -0.1) is 0 Å². The van der Waals surface area contributed by atoms with Crippen molar-refractivity contribution in [2.24, 2.45) is 0 Å². The molecule has 0 spiro atoms. The highest BCUT2D eigenvalue weighted by atomic mass is 33.1. The quantitative estimate of drug-likeness (QED) is 0.559. The summed E-state index contributed by atoms with van der Waals surface area (Å²) < 4.78 is 5.07. The van der Waals surface area contributed by atoms with E-state index in [-0.39, 0.29) is 0 Å². The van der Waals surface area contributed by atoms with Crippen molar-refractivity contribution < 1.29 is 4.74 Å². The minimum atomic E-state index is 0.649. The molecule has 0 amide bonds. The van der Waals surface area contributed by atoms with Crippen molar-refractivity contribution in [3.8, 4) is 11.8 Å². The van der Waals surface area contributed by atoms with Crippen molar-refractivity contribution in [3.63, 3.8) is 0 Å². The first-order valence-electron chi connectivity index (χ1n) is 4.67. The van der Waals surface area contributed by atoms with Gasteiger partial charge in [0.25, 0.3) is 0 Å². The van der Waals surface area contributed by atoms with Crippen LogP contribution in [0.3, 0.4) is 0 Å². The van der Waals surface area contributed by atoms with E-state index in [1.807, 2.05) is 24.3 Å². The monoisotopic (exact) mass is 239 g/mol. The van der Waals surface area contributed by atoms with Crippen LogP contribution in [0.4, 0.5) is 0 Å². The van der Waals surface area contributed by atoms with Gasteiger partial charge in [-0.25, -0.2) is 0 Å². The van der Waals surface area contributed by atoms with Crippen molar-refractivity contribution >= 4 is 21.6 Å². The molecule has 1 rings (SSSR count). The Morgan fingerprint density at radius 1 is 1.33 bits per heavy atom. The number of nitrogens with zero attached hydrogens (tertiary/aromatic N) is 1. The van der Waals surface area contributed by atoms with Crippen LogP contribution in [0.5, 0.6) is 5.75 Å². The Bertz CT molecular complexity index is 318. The number of unbranched alkanes of at least 4 members (excludes halogenated alkanes) is 1. The highest BCUT2D eigenvalue weighted by molar-refractivity contribution is 8.76. The number of hydrogen-bond donors (Lipinski definition) is 0. The summed E-state index contributed by atoms with van der Waals surface area (Å²) in [6.45, 7) is 0. The molecular formula is C11H13NOS2. The summed E-state index contributed by atoms with van der Waals surface area (Å²) in [5, 5.41) is 8.36. The zero-order chi connectivity index (χ0) is 10.9. The molecule has 0 saturated heterocycles. The largest absolute Gasteiger partial charge is 0.497 e. The summed E-state index contributed by atoms with van der Waals surface area (Å²) in [5.41, 5.74) is 0. The predicted octanol–water partition coefficient (Wildman–Crippen LogP) is 3.74. The van der Waals surface area contributed by atoms with E-state index >= 15 is 0 Å². The van der Waals surface area contributed by atoms with E-state index in [4.69, 9.17) is 10.00 Å². The number of rotatable bonds is 6. The van der Waals surface area contributed by atoms with E-state index in [2.05, 4.69) is 6.07 Å². The van der Waals surface area contributed by atoms with Gasteiger partial charge in [0.1, 0.15) is 5.75 Å². The van der Waals surface area contributed by atoms with Crippen molar-refractivity contribution in [2.75, 3.05) is 12.9 Å². The highest BCUT2D eigenvalue weighted by Crippen LogP contribution is 2.32. The molecule has 1 aromatic rings. The molecule has 0 atom stereocenters. The second-order valence-electron chi connectivity index (χ2n) is 2.84. The zero-order valence-electron chi connectivity index (χ0n) is 8.60. The van der Waals surface area contributed by atoms with Gasteiger partial charge >= 0.3 is 0 Å². The lowest BCUT2D eigenvalue weighted by Crippen LogP contribution is -1.80. The van der Waals surface area contributed by atoms with E-state index in [1.54, 1.807) is 28.7 Å². The van der Waals surface area contributed by atoms with Crippen LogP contribution >= 0.6 is 21.6 Å². The van der Waals surface area contributed by atoms with E-state index in [0.29, 0.717) is 6.42 Å². The Morgan fingerprint density at radius 3 is 2.67 bits per heavy atom. The Balaban J connectivity index is 2.23. The predicted molar refractivity (Wildman–Crippen MR) is 66.2 cm³/mol. The summed E-state index contributed by atoms with van der Waals surface area (Å²) in [5.74, 6) is 1.90. The standard InChI is InChI=1S/C11H13NOS2/c1-13-10-4-6-11(7-5-10)15-14-9-3-2-8-12/h4-7H,2-3,9H2,1H3. The molecule has 0 aliphatic carbocycles. The van der Waals surface area contributed by atoms with Gasteiger partial charge in [-0.1, -0.05) is 21.6 Å². The van der Waals surface area contributed by atoms with Crippen molar-refractivity contribution in [1.29, 1.82) is 5.26 Å². The van der Waals surface area contributed by atoms with Crippen molar-refractivity contribution in [1.82, 2.24) is 0 Å². The van der Waals surface area contributed by atoms with Gasteiger partial charge in [0.05, 0.1) is 13.2 Å². The van der Waals surface area contributed by atoms with E-state index in [9.17, 15) is 0 Å².